The van der Waals surface area contributed by atoms with Crippen molar-refractivity contribution in [2.75, 3.05) is 37.7 Å². The Balaban J connectivity index is 1.34. The van der Waals surface area contributed by atoms with Gasteiger partial charge in [0, 0.05) is 32.2 Å². The van der Waals surface area contributed by atoms with Crippen LogP contribution >= 0.6 is 0 Å². The van der Waals surface area contributed by atoms with Crippen LogP contribution in [0.5, 0.6) is 0 Å². The molecule has 5 rings (SSSR count). The summed E-state index contributed by atoms with van der Waals surface area (Å²) in [5, 5.41) is 0. The maximum atomic E-state index is 13.7. The first-order valence-corrected chi connectivity index (χ1v) is 13.2. The lowest BCUT2D eigenvalue weighted by molar-refractivity contribution is -0.138. The molecule has 2 aliphatic rings. The number of H-pyrrole nitrogens is 1. The number of aromatic nitrogens is 2. The minimum Gasteiger partial charge on any atom is -0.341 e. The van der Waals surface area contributed by atoms with Gasteiger partial charge in [-0.25, -0.2) is 13.2 Å². The number of hydrogen-bond acceptors (Lipinski definition) is 5. The van der Waals surface area contributed by atoms with Crippen molar-refractivity contribution in [3.8, 4) is 0 Å². The van der Waals surface area contributed by atoms with Gasteiger partial charge in [0.1, 0.15) is 6.04 Å². The molecule has 8 nitrogen and oxygen atoms in total. The third-order valence-electron chi connectivity index (χ3n) is 6.86. The highest BCUT2D eigenvalue weighted by atomic mass is 32.2. The average Bonchev–Trinajstić information content (AvgIpc) is 3.16. The van der Waals surface area contributed by atoms with Crippen molar-refractivity contribution >= 4 is 26.8 Å². The Labute approximate surface area is 192 Å². The van der Waals surface area contributed by atoms with Gasteiger partial charge in [-0.2, -0.15) is 0 Å². The van der Waals surface area contributed by atoms with Gasteiger partial charge in [0.05, 0.1) is 22.5 Å². The zero-order chi connectivity index (χ0) is 23.0. The standard InChI is InChI=1S/C24H28N4O4S/c29-23(22(18-6-2-1-3-7-18)26-14-16-33(31,32)17-15-26)27-12-10-19(11-13-27)28-21-9-5-4-8-20(21)25-24(28)30/h1-9,19,22H,10-17H2,(H,25,30). The van der Waals surface area contributed by atoms with Crippen molar-refractivity contribution in [1.82, 2.24) is 19.4 Å². The van der Waals surface area contributed by atoms with E-state index in [0.717, 1.165) is 16.6 Å². The smallest absolute Gasteiger partial charge is 0.326 e. The minimum atomic E-state index is -3.04. The number of hydrogen-bond donors (Lipinski definition) is 1. The molecule has 33 heavy (non-hydrogen) atoms. The fourth-order valence-corrected chi connectivity index (χ4v) is 6.31. The zero-order valence-corrected chi connectivity index (χ0v) is 19.2. The Kier molecular flexibility index (Phi) is 5.84. The number of carbonyl (C=O) groups is 1. The predicted molar refractivity (Wildman–Crippen MR) is 127 cm³/mol. The average molecular weight is 469 g/mol. The second kappa shape index (κ2) is 8.79. The Morgan fingerprint density at radius 3 is 2.24 bits per heavy atom. The quantitative estimate of drug-likeness (QED) is 0.632. The highest BCUT2D eigenvalue weighted by molar-refractivity contribution is 7.91. The number of aromatic amines is 1. The van der Waals surface area contributed by atoms with E-state index in [9.17, 15) is 18.0 Å². The molecule has 0 aliphatic carbocycles. The lowest BCUT2D eigenvalue weighted by Gasteiger charge is -2.39. The van der Waals surface area contributed by atoms with Crippen LogP contribution in [0.25, 0.3) is 11.0 Å². The van der Waals surface area contributed by atoms with Gasteiger partial charge in [-0.3, -0.25) is 14.3 Å². The maximum Gasteiger partial charge on any atom is 0.326 e. The van der Waals surface area contributed by atoms with Crippen LogP contribution in [0.2, 0.25) is 0 Å². The van der Waals surface area contributed by atoms with Gasteiger partial charge in [-0.15, -0.1) is 0 Å². The number of piperidine rings is 1. The van der Waals surface area contributed by atoms with Crippen LogP contribution in [0.3, 0.4) is 0 Å². The van der Waals surface area contributed by atoms with E-state index in [4.69, 9.17) is 0 Å². The minimum absolute atomic E-state index is 0.00483. The van der Waals surface area contributed by atoms with Crippen LogP contribution in [0.1, 0.15) is 30.5 Å². The van der Waals surface area contributed by atoms with E-state index in [2.05, 4.69) is 4.98 Å². The Morgan fingerprint density at radius 1 is 0.909 bits per heavy atom. The summed E-state index contributed by atoms with van der Waals surface area (Å²) in [6.07, 6.45) is 1.40. The second-order valence-electron chi connectivity index (χ2n) is 8.87. The molecular weight excluding hydrogens is 440 g/mol. The highest BCUT2D eigenvalue weighted by Gasteiger charge is 2.36. The molecule has 1 amide bonds. The number of fused-ring (bicyclic) bond motifs is 1. The second-order valence-corrected chi connectivity index (χ2v) is 11.2. The van der Waals surface area contributed by atoms with Crippen molar-refractivity contribution in [3.63, 3.8) is 0 Å². The molecule has 1 N–H and O–H groups in total. The molecule has 0 spiro atoms. The first-order chi connectivity index (χ1) is 15.9. The number of benzene rings is 2. The van der Waals surface area contributed by atoms with E-state index in [1.54, 1.807) is 0 Å². The number of nitrogens with one attached hydrogen (secondary N) is 1. The maximum absolute atomic E-state index is 13.7. The summed E-state index contributed by atoms with van der Waals surface area (Å²) < 4.78 is 25.7. The summed E-state index contributed by atoms with van der Waals surface area (Å²) in [5.74, 6) is 0.162. The van der Waals surface area contributed by atoms with E-state index < -0.39 is 15.9 Å². The van der Waals surface area contributed by atoms with Crippen LogP contribution < -0.4 is 5.69 Å². The molecule has 2 aliphatic heterocycles. The summed E-state index contributed by atoms with van der Waals surface area (Å²) in [5.41, 5.74) is 2.49. The summed E-state index contributed by atoms with van der Waals surface area (Å²) in [7, 11) is -3.04. The SMILES string of the molecule is O=C(C(c1ccccc1)N1CCS(=O)(=O)CC1)N1CCC(n2c(=O)[nH]c3ccccc32)CC1. The van der Waals surface area contributed by atoms with Crippen LogP contribution in [0.4, 0.5) is 0 Å². The Bertz CT molecular complexity index is 1290. The summed E-state index contributed by atoms with van der Waals surface area (Å²) in [6, 6.07) is 16.8. The van der Waals surface area contributed by atoms with Gasteiger partial charge < -0.3 is 9.88 Å². The summed E-state index contributed by atoms with van der Waals surface area (Å²) in [4.78, 5) is 33.1. The molecule has 3 heterocycles. The van der Waals surface area contributed by atoms with E-state index in [-0.39, 0.29) is 29.1 Å². The van der Waals surface area contributed by atoms with E-state index in [0.29, 0.717) is 39.0 Å². The lowest BCUT2D eigenvalue weighted by Crippen LogP contribution is -2.50. The van der Waals surface area contributed by atoms with Crippen molar-refractivity contribution in [2.24, 2.45) is 0 Å². The zero-order valence-electron chi connectivity index (χ0n) is 18.4. The van der Waals surface area contributed by atoms with E-state index in [1.165, 1.54) is 0 Å². The number of carbonyl (C=O) groups excluding carboxylic acids is 1. The summed E-state index contributed by atoms with van der Waals surface area (Å²) in [6.45, 7) is 1.83. The molecule has 1 unspecified atom stereocenters. The van der Waals surface area contributed by atoms with Crippen LogP contribution in [-0.4, -0.2) is 71.4 Å². The van der Waals surface area contributed by atoms with Crippen molar-refractivity contribution in [2.45, 2.75) is 24.9 Å². The highest BCUT2D eigenvalue weighted by Crippen LogP contribution is 2.30. The van der Waals surface area contributed by atoms with Crippen molar-refractivity contribution in [1.29, 1.82) is 0 Å². The number of nitrogens with zero attached hydrogens (tertiary/aromatic N) is 3. The molecule has 1 aromatic heterocycles. The van der Waals surface area contributed by atoms with Gasteiger partial charge >= 0.3 is 5.69 Å². The number of likely N-dealkylation sites (tertiary alicyclic amines) is 1. The molecule has 0 radical (unpaired) electrons. The van der Waals surface area contributed by atoms with Crippen LogP contribution in [0, 0.1) is 0 Å². The number of rotatable bonds is 4. The van der Waals surface area contributed by atoms with Crippen molar-refractivity contribution in [3.05, 3.63) is 70.6 Å². The number of para-hydroxylation sites is 2. The summed E-state index contributed by atoms with van der Waals surface area (Å²) >= 11 is 0. The third kappa shape index (κ3) is 4.35. The molecule has 0 saturated carbocycles. The van der Waals surface area contributed by atoms with E-state index >= 15 is 0 Å². The normalized spacial score (nSPS) is 20.7. The first kappa shape index (κ1) is 21.9. The van der Waals surface area contributed by atoms with Gasteiger partial charge in [-0.1, -0.05) is 42.5 Å². The van der Waals surface area contributed by atoms with Crippen LogP contribution in [-0.2, 0) is 14.6 Å². The van der Waals surface area contributed by atoms with Gasteiger partial charge in [0.15, 0.2) is 9.84 Å². The molecule has 1 atom stereocenters. The molecule has 9 heteroatoms. The molecule has 174 valence electrons. The Morgan fingerprint density at radius 2 is 1.55 bits per heavy atom. The first-order valence-electron chi connectivity index (χ1n) is 11.4. The van der Waals surface area contributed by atoms with Gasteiger partial charge in [-0.05, 0) is 30.5 Å². The number of imidazole rings is 1. The van der Waals surface area contributed by atoms with Gasteiger partial charge in [0.2, 0.25) is 5.91 Å². The topological polar surface area (TPSA) is 95.5 Å². The molecule has 0 bridgehead atoms. The van der Waals surface area contributed by atoms with E-state index in [1.807, 2.05) is 69.0 Å². The molecule has 2 aromatic carbocycles. The molecule has 3 aromatic rings. The van der Waals surface area contributed by atoms with Gasteiger partial charge in [0.25, 0.3) is 0 Å². The molecule has 2 fully saturated rings. The van der Waals surface area contributed by atoms with Crippen LogP contribution in [0.15, 0.2) is 59.4 Å². The number of amides is 1. The number of sulfone groups is 1. The monoisotopic (exact) mass is 468 g/mol. The molecule has 2 saturated heterocycles. The third-order valence-corrected chi connectivity index (χ3v) is 8.47. The largest absolute Gasteiger partial charge is 0.341 e. The molecular formula is C24H28N4O4S. The fraction of sp³-hybridized carbons (Fsp3) is 0.417. The fourth-order valence-electron chi connectivity index (χ4n) is 5.08. The van der Waals surface area contributed by atoms with Crippen molar-refractivity contribution < 1.29 is 13.2 Å². The lowest BCUT2D eigenvalue weighted by atomic mass is 10.00. The predicted octanol–water partition coefficient (Wildman–Crippen LogP) is 1.96. The Hall–Kier alpha value is -2.91.